The van der Waals surface area contributed by atoms with E-state index in [0.29, 0.717) is 0 Å². The summed E-state index contributed by atoms with van der Waals surface area (Å²) in [6.45, 7) is 6.23. The first-order chi connectivity index (χ1) is 5.63. The lowest BCUT2D eigenvalue weighted by molar-refractivity contribution is 1.20. The molecule has 0 fully saturated rings. The second-order valence-corrected chi connectivity index (χ2v) is 4.93. The molecule has 0 aliphatic heterocycles. The minimum Gasteiger partial charge on any atom is -0.246 e. The molecule has 0 radical (unpaired) electrons. The van der Waals surface area contributed by atoms with E-state index < -0.39 is 0 Å². The third-order valence-corrected chi connectivity index (χ3v) is 3.38. The molecular formula is C9H13NS2. The maximum absolute atomic E-state index is 4.36. The maximum atomic E-state index is 4.36. The number of nitrogens with zero attached hydrogens (tertiary/aromatic N) is 1. The van der Waals surface area contributed by atoms with Crippen LogP contribution in [0.15, 0.2) is 4.91 Å². The van der Waals surface area contributed by atoms with E-state index in [1.807, 2.05) is 6.92 Å². The number of allylic oxidation sites excluding steroid dienone is 1. The Labute approximate surface area is 81.9 Å². The van der Waals surface area contributed by atoms with Gasteiger partial charge in [0.1, 0.15) is 0 Å². The summed E-state index contributed by atoms with van der Waals surface area (Å²) in [5.74, 6) is 0. The molecule has 0 atom stereocenters. The van der Waals surface area contributed by atoms with Crippen molar-refractivity contribution >= 4 is 29.2 Å². The van der Waals surface area contributed by atoms with Gasteiger partial charge in [0.25, 0.3) is 0 Å². The van der Waals surface area contributed by atoms with E-state index in [9.17, 15) is 0 Å². The molecule has 66 valence electrons. The van der Waals surface area contributed by atoms with Gasteiger partial charge in [-0.3, -0.25) is 0 Å². The largest absolute Gasteiger partial charge is 0.246 e. The van der Waals surface area contributed by atoms with Gasteiger partial charge in [-0.15, -0.1) is 23.1 Å². The third-order valence-electron chi connectivity index (χ3n) is 1.60. The van der Waals surface area contributed by atoms with Gasteiger partial charge in [-0.25, -0.2) is 4.98 Å². The smallest absolute Gasteiger partial charge is 0.0903 e. The molecule has 0 saturated heterocycles. The fourth-order valence-electron chi connectivity index (χ4n) is 0.925. The van der Waals surface area contributed by atoms with Gasteiger partial charge >= 0.3 is 0 Å². The second kappa shape index (κ2) is 4.10. The first-order valence-corrected chi connectivity index (χ1v) is 5.84. The number of thioether (sulfide) groups is 1. The topological polar surface area (TPSA) is 12.9 Å². The number of hydrogen-bond acceptors (Lipinski definition) is 3. The van der Waals surface area contributed by atoms with Crippen LogP contribution in [0.1, 0.15) is 22.5 Å². The molecule has 1 aromatic heterocycles. The quantitative estimate of drug-likeness (QED) is 0.723. The summed E-state index contributed by atoms with van der Waals surface area (Å²) in [7, 11) is 0. The van der Waals surface area contributed by atoms with Gasteiger partial charge in [0.05, 0.1) is 15.6 Å². The predicted molar refractivity (Wildman–Crippen MR) is 58.8 cm³/mol. The molecule has 1 aromatic rings. The summed E-state index contributed by atoms with van der Waals surface area (Å²) in [6.07, 6.45) is 4.29. The van der Waals surface area contributed by atoms with E-state index in [2.05, 4.69) is 31.2 Å². The minimum atomic E-state index is 1.14. The van der Waals surface area contributed by atoms with Gasteiger partial charge in [0, 0.05) is 0 Å². The van der Waals surface area contributed by atoms with Crippen LogP contribution in [0.3, 0.4) is 0 Å². The Balaban J connectivity index is 2.95. The Morgan fingerprint density at radius 3 is 2.58 bits per heavy atom. The molecule has 0 aliphatic carbocycles. The van der Waals surface area contributed by atoms with Crippen molar-refractivity contribution < 1.29 is 0 Å². The highest BCUT2D eigenvalue weighted by Gasteiger charge is 2.01. The average molecular weight is 199 g/mol. The minimum absolute atomic E-state index is 1.14. The van der Waals surface area contributed by atoms with Gasteiger partial charge in [0.15, 0.2) is 0 Å². The van der Waals surface area contributed by atoms with E-state index in [-0.39, 0.29) is 0 Å². The molecule has 12 heavy (non-hydrogen) atoms. The molecule has 0 spiro atoms. The zero-order chi connectivity index (χ0) is 9.14. The second-order valence-electron chi connectivity index (χ2n) is 2.64. The van der Waals surface area contributed by atoms with E-state index in [4.69, 9.17) is 0 Å². The van der Waals surface area contributed by atoms with Crippen molar-refractivity contribution in [1.29, 1.82) is 0 Å². The van der Waals surface area contributed by atoms with E-state index >= 15 is 0 Å². The molecule has 1 nitrogen and oxygen atoms in total. The molecule has 0 aliphatic rings. The number of aromatic nitrogens is 1. The molecule has 0 amide bonds. The molecule has 0 saturated carbocycles. The van der Waals surface area contributed by atoms with Crippen LogP contribution < -0.4 is 0 Å². The van der Waals surface area contributed by atoms with Crippen LogP contribution in [0.5, 0.6) is 0 Å². The zero-order valence-corrected chi connectivity index (χ0v) is 9.47. The fourth-order valence-corrected chi connectivity index (χ4v) is 2.16. The molecule has 3 heteroatoms. The Morgan fingerprint density at radius 2 is 2.17 bits per heavy atom. The lowest BCUT2D eigenvalue weighted by Crippen LogP contribution is -1.74. The fraction of sp³-hybridized carbons (Fsp3) is 0.444. The van der Waals surface area contributed by atoms with Crippen LogP contribution in [0.4, 0.5) is 0 Å². The van der Waals surface area contributed by atoms with Crippen LogP contribution in [0.2, 0.25) is 0 Å². The van der Waals surface area contributed by atoms with Crippen molar-refractivity contribution in [3.63, 3.8) is 0 Å². The van der Waals surface area contributed by atoms with Gasteiger partial charge < -0.3 is 0 Å². The van der Waals surface area contributed by atoms with Crippen molar-refractivity contribution in [3.8, 4) is 0 Å². The third kappa shape index (κ3) is 2.35. The van der Waals surface area contributed by atoms with Gasteiger partial charge in [0.2, 0.25) is 0 Å². The first-order valence-electron chi connectivity index (χ1n) is 3.80. The van der Waals surface area contributed by atoms with Crippen molar-refractivity contribution in [2.75, 3.05) is 6.26 Å². The molecule has 1 heterocycles. The van der Waals surface area contributed by atoms with Gasteiger partial charge in [-0.2, -0.15) is 0 Å². The number of hydrogen-bond donors (Lipinski definition) is 0. The van der Waals surface area contributed by atoms with Crippen molar-refractivity contribution in [2.24, 2.45) is 0 Å². The lowest BCUT2D eigenvalue weighted by atomic mass is 10.3. The van der Waals surface area contributed by atoms with Gasteiger partial charge in [-0.05, 0) is 38.0 Å². The van der Waals surface area contributed by atoms with E-state index in [0.717, 1.165) is 10.7 Å². The molecular weight excluding hydrogens is 186 g/mol. The molecule has 0 N–H and O–H groups in total. The highest BCUT2D eigenvalue weighted by molar-refractivity contribution is 8.02. The van der Waals surface area contributed by atoms with E-state index in [1.54, 1.807) is 23.1 Å². The highest BCUT2D eigenvalue weighted by Crippen LogP contribution is 2.23. The predicted octanol–water partition coefficient (Wildman–Crippen LogP) is 3.48. The first kappa shape index (κ1) is 9.81. The van der Waals surface area contributed by atoms with Gasteiger partial charge in [-0.1, -0.05) is 0 Å². The van der Waals surface area contributed by atoms with Crippen molar-refractivity contribution in [2.45, 2.75) is 20.8 Å². The average Bonchev–Trinajstić information content (AvgIpc) is 2.30. The SMILES string of the molecule is CS/C(C)=C\c1sc(C)nc1C. The Hall–Kier alpha value is -0.280. The standard InChI is InChI=1S/C9H13NS2/c1-6(11-4)5-9-7(2)10-8(3)12-9/h5H,1-4H3/b6-5-. The molecule has 1 rings (SSSR count). The summed E-state index contributed by atoms with van der Waals surface area (Å²) in [6, 6.07) is 0. The van der Waals surface area contributed by atoms with Crippen LogP contribution in [0.25, 0.3) is 6.08 Å². The summed E-state index contributed by atoms with van der Waals surface area (Å²) in [4.78, 5) is 6.99. The zero-order valence-electron chi connectivity index (χ0n) is 7.84. The highest BCUT2D eigenvalue weighted by atomic mass is 32.2. The van der Waals surface area contributed by atoms with Crippen molar-refractivity contribution in [3.05, 3.63) is 20.5 Å². The number of aryl methyl sites for hydroxylation is 2. The van der Waals surface area contributed by atoms with Crippen LogP contribution in [-0.4, -0.2) is 11.2 Å². The van der Waals surface area contributed by atoms with E-state index in [1.165, 1.54) is 9.78 Å². The monoisotopic (exact) mass is 199 g/mol. The normalized spacial score (nSPS) is 12.2. The van der Waals surface area contributed by atoms with Crippen molar-refractivity contribution in [1.82, 2.24) is 4.98 Å². The lowest BCUT2D eigenvalue weighted by Gasteiger charge is -1.92. The van der Waals surface area contributed by atoms with Crippen LogP contribution in [-0.2, 0) is 0 Å². The Kier molecular flexibility index (Phi) is 3.35. The maximum Gasteiger partial charge on any atom is 0.0903 e. The summed E-state index contributed by atoms with van der Waals surface area (Å²) in [5, 5.41) is 1.15. The Morgan fingerprint density at radius 1 is 1.50 bits per heavy atom. The molecule has 0 aromatic carbocycles. The molecule has 0 bridgehead atoms. The summed E-state index contributed by atoms with van der Waals surface area (Å²) >= 11 is 3.53. The number of rotatable bonds is 2. The summed E-state index contributed by atoms with van der Waals surface area (Å²) < 4.78 is 0. The summed E-state index contributed by atoms with van der Waals surface area (Å²) in [5.41, 5.74) is 1.14. The van der Waals surface area contributed by atoms with Crippen LogP contribution >= 0.6 is 23.1 Å². The Bertz CT molecular complexity index is 299. The van der Waals surface area contributed by atoms with Crippen LogP contribution in [0, 0.1) is 13.8 Å². The number of thiazole rings is 1. The molecule has 0 unspecified atom stereocenters.